The number of rotatable bonds is 8. The third-order valence-corrected chi connectivity index (χ3v) is 8.38. The lowest BCUT2D eigenvalue weighted by Crippen LogP contribution is -2.42. The largest absolute Gasteiger partial charge is 0.416 e. The second kappa shape index (κ2) is 13.4. The molecule has 0 spiro atoms. The molecule has 0 aliphatic carbocycles. The molecule has 3 rings (SSSR count). The Hall–Kier alpha value is -2.94. The van der Waals surface area contributed by atoms with Gasteiger partial charge in [-0.1, -0.05) is 0 Å². The summed E-state index contributed by atoms with van der Waals surface area (Å²) in [6.07, 6.45) is -4.07. The normalized spacial score (nSPS) is 12.5. The van der Waals surface area contributed by atoms with Crippen LogP contribution in [0.2, 0.25) is 0 Å². The van der Waals surface area contributed by atoms with Gasteiger partial charge < -0.3 is 9.64 Å². The Morgan fingerprint density at radius 1 is 1.22 bits per heavy atom. The van der Waals surface area contributed by atoms with Crippen molar-refractivity contribution in [3.63, 3.8) is 0 Å². The number of benzene rings is 1. The van der Waals surface area contributed by atoms with Crippen molar-refractivity contribution in [2.24, 2.45) is 7.05 Å². The predicted molar refractivity (Wildman–Crippen MR) is 152 cm³/mol. The fraction of sp³-hybridized carbons (Fsp3) is 0.423. The van der Waals surface area contributed by atoms with Crippen LogP contribution in [0.1, 0.15) is 44.5 Å². The fourth-order valence-electron chi connectivity index (χ4n) is 4.18. The van der Waals surface area contributed by atoms with Crippen LogP contribution in [0.25, 0.3) is 0 Å². The smallest absolute Gasteiger partial charge is 0.383 e. The molecule has 15 heteroatoms. The molecule has 3 aromatic rings. The van der Waals surface area contributed by atoms with Crippen LogP contribution in [0.3, 0.4) is 0 Å². The van der Waals surface area contributed by atoms with Crippen molar-refractivity contribution in [3.8, 4) is 0 Å². The summed E-state index contributed by atoms with van der Waals surface area (Å²) in [4.78, 5) is 38.6. The minimum atomic E-state index is -4.76. The van der Waals surface area contributed by atoms with Crippen LogP contribution in [-0.4, -0.2) is 61.8 Å². The molecule has 0 aliphatic rings. The summed E-state index contributed by atoms with van der Waals surface area (Å²) >= 11 is 7.33. The maximum atomic E-state index is 12.8. The van der Waals surface area contributed by atoms with Gasteiger partial charge in [0.2, 0.25) is 11.7 Å². The van der Waals surface area contributed by atoms with Crippen LogP contribution in [0.5, 0.6) is 0 Å². The number of hydrogen-bond donors (Lipinski definition) is 1. The van der Waals surface area contributed by atoms with E-state index >= 15 is 0 Å². The molecule has 1 unspecified atom stereocenters. The third-order valence-electron chi connectivity index (χ3n) is 6.00. The van der Waals surface area contributed by atoms with Crippen molar-refractivity contribution in [1.82, 2.24) is 9.78 Å². The average Bonchev–Trinajstić information content (AvgIpc) is 3.33. The molecule has 0 saturated carbocycles. The molecule has 0 radical (unpaired) electrons. The summed E-state index contributed by atoms with van der Waals surface area (Å²) in [6, 6.07) is 1.76. The van der Waals surface area contributed by atoms with E-state index in [-0.39, 0.29) is 29.1 Å². The van der Waals surface area contributed by atoms with Crippen LogP contribution in [0, 0.1) is 20.8 Å². The minimum Gasteiger partial charge on any atom is -0.383 e. The van der Waals surface area contributed by atoms with Crippen LogP contribution in [0.4, 0.5) is 18.9 Å². The van der Waals surface area contributed by atoms with E-state index in [2.05, 4.69) is 10.5 Å². The highest BCUT2D eigenvalue weighted by Gasteiger charge is 2.34. The third kappa shape index (κ3) is 7.87. The molecule has 1 N–H and O–H groups in total. The number of methoxy groups -OCH3 is 1. The quantitative estimate of drug-likeness (QED) is 0.284. The average molecular weight is 638 g/mol. The first-order chi connectivity index (χ1) is 18.9. The lowest BCUT2D eigenvalue weighted by Gasteiger charge is -2.29. The number of anilines is 1. The molecular weight excluding hydrogens is 607 g/mol. The molecule has 41 heavy (non-hydrogen) atoms. The van der Waals surface area contributed by atoms with Gasteiger partial charge in [0.1, 0.15) is 11.4 Å². The van der Waals surface area contributed by atoms with Crippen molar-refractivity contribution in [2.45, 2.75) is 44.8 Å². The van der Waals surface area contributed by atoms with Crippen molar-refractivity contribution < 1.29 is 35.9 Å². The number of hydrogen-bond acceptors (Lipinski definition) is 7. The van der Waals surface area contributed by atoms with Gasteiger partial charge in [0.05, 0.1) is 28.8 Å². The van der Waals surface area contributed by atoms with Crippen molar-refractivity contribution in [2.75, 3.05) is 30.8 Å². The molecule has 0 aliphatic heterocycles. The SMILES string of the molecule is COCC(C)N(C(=O)CCl)c1c(C)csc1C.Cc1[nH]n(C)c(=O)c1C(=O)c1ccc(C(F)(F)F)cc1S(C)(=O)=O. The lowest BCUT2D eigenvalue weighted by molar-refractivity contribution is -0.137. The van der Waals surface area contributed by atoms with Crippen LogP contribution in [-0.2, 0) is 32.6 Å². The van der Waals surface area contributed by atoms with Gasteiger partial charge in [0, 0.05) is 36.5 Å². The Kier molecular flexibility index (Phi) is 11.2. The Balaban J connectivity index is 0.000000305. The zero-order chi connectivity index (χ0) is 31.4. The molecule has 2 aromatic heterocycles. The second-order valence-electron chi connectivity index (χ2n) is 9.31. The highest BCUT2D eigenvalue weighted by Crippen LogP contribution is 2.33. The first-order valence-corrected chi connectivity index (χ1v) is 15.3. The molecule has 0 saturated heterocycles. The highest BCUT2D eigenvalue weighted by atomic mass is 35.5. The summed E-state index contributed by atoms with van der Waals surface area (Å²) in [5.41, 5.74) is -0.423. The number of ether oxygens (including phenoxy) is 1. The molecule has 1 amide bonds. The molecular formula is C26H31ClF3N3O6S2. The topological polar surface area (TPSA) is 119 Å². The van der Waals surface area contributed by atoms with Crippen molar-refractivity contribution in [1.29, 1.82) is 0 Å². The predicted octanol–water partition coefficient (Wildman–Crippen LogP) is 4.65. The number of aromatic amines is 1. The van der Waals surface area contributed by atoms with Gasteiger partial charge in [0.15, 0.2) is 9.84 Å². The number of nitrogens with zero attached hydrogens (tertiary/aromatic N) is 2. The number of thiophene rings is 1. The number of nitrogens with one attached hydrogen (secondary N) is 1. The minimum absolute atomic E-state index is 0.0111. The number of carbonyl (C=O) groups is 2. The van der Waals surface area contributed by atoms with Crippen molar-refractivity contribution in [3.05, 3.63) is 66.8 Å². The Morgan fingerprint density at radius 2 is 1.83 bits per heavy atom. The standard InChI is InChI=1S/C14H13F3N2O4S.C12H18ClNO2S/c1-7-11(13(21)19(2)18-7)12(20)9-5-4-8(14(15,16)17)6-10(9)24(3,22)23;1-8-7-17-10(3)12(8)14(11(15)5-13)9(2)6-16-4/h4-6,18H,1-3H3;7,9H,5-6H2,1-4H3. The van der Waals surface area contributed by atoms with E-state index in [4.69, 9.17) is 16.3 Å². The maximum absolute atomic E-state index is 12.8. The number of amides is 1. The van der Waals surface area contributed by atoms with Gasteiger partial charge in [-0.2, -0.15) is 13.2 Å². The first-order valence-electron chi connectivity index (χ1n) is 12.0. The zero-order valence-corrected chi connectivity index (χ0v) is 25.9. The van der Waals surface area contributed by atoms with E-state index < -0.39 is 43.4 Å². The van der Waals surface area contributed by atoms with E-state index in [0.717, 1.165) is 26.9 Å². The molecule has 1 atom stereocenters. The van der Waals surface area contributed by atoms with Crippen LogP contribution >= 0.6 is 22.9 Å². The number of aryl methyl sites for hydroxylation is 4. The number of H-pyrrole nitrogens is 1. The molecule has 9 nitrogen and oxygen atoms in total. The highest BCUT2D eigenvalue weighted by molar-refractivity contribution is 7.90. The second-order valence-corrected chi connectivity index (χ2v) is 12.6. The first kappa shape index (κ1) is 34.3. The summed E-state index contributed by atoms with van der Waals surface area (Å²) < 4.78 is 68.2. The summed E-state index contributed by atoms with van der Waals surface area (Å²) in [6.45, 7) is 7.91. The Morgan fingerprint density at radius 3 is 2.24 bits per heavy atom. The van der Waals surface area contributed by atoms with Crippen LogP contribution in [0.15, 0.2) is 33.3 Å². The fourth-order valence-corrected chi connectivity index (χ4v) is 6.04. The Bertz CT molecular complexity index is 1570. The number of ketones is 1. The molecule has 0 fully saturated rings. The van der Waals surface area contributed by atoms with E-state index in [1.54, 1.807) is 23.3 Å². The zero-order valence-electron chi connectivity index (χ0n) is 23.5. The van der Waals surface area contributed by atoms with E-state index in [9.17, 15) is 36.0 Å². The van der Waals surface area contributed by atoms with Gasteiger partial charge in [-0.25, -0.2) is 8.42 Å². The number of alkyl halides is 4. The number of sulfone groups is 1. The number of halogens is 4. The summed E-state index contributed by atoms with van der Waals surface area (Å²) in [7, 11) is -1.14. The van der Waals surface area contributed by atoms with Gasteiger partial charge in [-0.3, -0.25) is 24.2 Å². The summed E-state index contributed by atoms with van der Waals surface area (Å²) in [5.74, 6) is -1.05. The van der Waals surface area contributed by atoms with Gasteiger partial charge >= 0.3 is 6.18 Å². The molecule has 2 heterocycles. The van der Waals surface area contributed by atoms with Gasteiger partial charge in [-0.05, 0) is 56.8 Å². The number of aromatic nitrogens is 2. The monoisotopic (exact) mass is 637 g/mol. The van der Waals surface area contributed by atoms with Gasteiger partial charge in [0.25, 0.3) is 5.56 Å². The van der Waals surface area contributed by atoms with E-state index in [1.165, 1.54) is 14.0 Å². The Labute approximate surface area is 244 Å². The molecule has 226 valence electrons. The van der Waals surface area contributed by atoms with E-state index in [0.29, 0.717) is 25.0 Å². The van der Waals surface area contributed by atoms with Crippen LogP contribution < -0.4 is 10.5 Å². The van der Waals surface area contributed by atoms with Gasteiger partial charge in [-0.15, -0.1) is 22.9 Å². The summed E-state index contributed by atoms with van der Waals surface area (Å²) in [5, 5.41) is 4.63. The molecule has 0 bridgehead atoms. The molecule has 1 aromatic carbocycles. The lowest BCUT2D eigenvalue weighted by atomic mass is 10.0. The maximum Gasteiger partial charge on any atom is 0.416 e. The van der Waals surface area contributed by atoms with E-state index in [1.807, 2.05) is 20.8 Å². The number of carbonyl (C=O) groups excluding carboxylic acids is 2. The van der Waals surface area contributed by atoms with Crippen molar-refractivity contribution >= 4 is 50.2 Å².